The van der Waals surface area contributed by atoms with Gasteiger partial charge in [0.05, 0.1) is 19.7 Å². The van der Waals surface area contributed by atoms with Gasteiger partial charge in [-0.1, -0.05) is 24.3 Å². The zero-order valence-electron chi connectivity index (χ0n) is 19.0. The normalized spacial score (nSPS) is 15.8. The van der Waals surface area contributed by atoms with Crippen LogP contribution in [-0.2, 0) is 6.42 Å². The fourth-order valence-corrected chi connectivity index (χ4v) is 4.28. The molecule has 4 rings (SSSR count). The largest absolute Gasteiger partial charge is 0.496 e. The number of pyridine rings is 1. The molecule has 0 bridgehead atoms. The van der Waals surface area contributed by atoms with Crippen molar-refractivity contribution < 1.29 is 4.74 Å². The van der Waals surface area contributed by atoms with Gasteiger partial charge in [0.1, 0.15) is 11.6 Å². The van der Waals surface area contributed by atoms with Crippen molar-refractivity contribution in [1.29, 1.82) is 0 Å². The summed E-state index contributed by atoms with van der Waals surface area (Å²) >= 11 is 0. The van der Waals surface area contributed by atoms with Crippen LogP contribution in [0.2, 0.25) is 0 Å². The highest BCUT2D eigenvalue weighted by Gasteiger charge is 2.25. The van der Waals surface area contributed by atoms with Crippen molar-refractivity contribution in [2.24, 2.45) is 4.99 Å². The molecule has 1 aliphatic heterocycles. The lowest BCUT2D eigenvalue weighted by atomic mass is 10.0. The number of aromatic nitrogens is 3. The van der Waals surface area contributed by atoms with Crippen LogP contribution in [0.15, 0.2) is 53.7 Å². The Balaban J connectivity index is 1.45. The molecule has 1 aromatic carbocycles. The average molecular weight is 436 g/mol. The molecule has 0 spiro atoms. The number of hydrogen-bond acceptors (Lipinski definition) is 5. The highest BCUT2D eigenvalue weighted by Crippen LogP contribution is 2.31. The van der Waals surface area contributed by atoms with Crippen molar-refractivity contribution in [1.82, 2.24) is 30.1 Å². The first-order chi connectivity index (χ1) is 15.8. The first-order valence-corrected chi connectivity index (χ1v) is 11.5. The molecule has 1 aliphatic rings. The number of likely N-dealkylation sites (tertiary alicyclic amines) is 1. The van der Waals surface area contributed by atoms with Gasteiger partial charge in [0.15, 0.2) is 11.6 Å². The first-order valence-electron chi connectivity index (χ1n) is 11.5. The summed E-state index contributed by atoms with van der Waals surface area (Å²) < 4.78 is 7.68. The molecular weight excluding hydrogens is 402 g/mol. The van der Waals surface area contributed by atoms with E-state index in [1.54, 1.807) is 7.11 Å². The third-order valence-electron chi connectivity index (χ3n) is 5.87. The van der Waals surface area contributed by atoms with Crippen LogP contribution >= 0.6 is 0 Å². The standard InChI is InChI=1S/C24H33N7O/c1-3-25-24(26-14-13-23-29-28-22-12-6-7-17-31(22)23)27-18-20(30-15-8-9-16-30)19-10-4-5-11-21(19)32-2/h4-7,10-12,17,20H,3,8-9,13-16,18H2,1-2H3,(H2,25,26,27). The van der Waals surface area contributed by atoms with Gasteiger partial charge in [-0.3, -0.25) is 14.3 Å². The van der Waals surface area contributed by atoms with Crippen LogP contribution in [0.5, 0.6) is 5.75 Å². The summed E-state index contributed by atoms with van der Waals surface area (Å²) in [4.78, 5) is 7.47. The zero-order chi connectivity index (χ0) is 22.2. The van der Waals surface area contributed by atoms with E-state index < -0.39 is 0 Å². The van der Waals surface area contributed by atoms with Crippen LogP contribution in [0.1, 0.15) is 37.2 Å². The fourth-order valence-electron chi connectivity index (χ4n) is 4.28. The molecule has 170 valence electrons. The van der Waals surface area contributed by atoms with E-state index in [0.29, 0.717) is 6.54 Å². The molecule has 1 atom stereocenters. The van der Waals surface area contributed by atoms with Crippen molar-refractivity contribution in [3.8, 4) is 5.75 Å². The number of fused-ring (bicyclic) bond motifs is 1. The van der Waals surface area contributed by atoms with Gasteiger partial charge in [0, 0.05) is 31.3 Å². The minimum atomic E-state index is 0.199. The van der Waals surface area contributed by atoms with Crippen molar-refractivity contribution in [3.05, 3.63) is 60.0 Å². The molecule has 2 aromatic heterocycles. The van der Waals surface area contributed by atoms with E-state index in [4.69, 9.17) is 9.73 Å². The lowest BCUT2D eigenvalue weighted by Crippen LogP contribution is -2.39. The van der Waals surface area contributed by atoms with Gasteiger partial charge in [0.2, 0.25) is 0 Å². The lowest BCUT2D eigenvalue weighted by Gasteiger charge is -2.28. The molecule has 1 saturated heterocycles. The van der Waals surface area contributed by atoms with E-state index >= 15 is 0 Å². The van der Waals surface area contributed by atoms with Gasteiger partial charge in [0.25, 0.3) is 0 Å². The average Bonchev–Trinajstić information content (AvgIpc) is 3.50. The molecule has 32 heavy (non-hydrogen) atoms. The third kappa shape index (κ3) is 5.19. The predicted molar refractivity (Wildman–Crippen MR) is 127 cm³/mol. The van der Waals surface area contributed by atoms with Crippen molar-refractivity contribution in [2.75, 3.05) is 39.8 Å². The Morgan fingerprint density at radius 3 is 2.72 bits per heavy atom. The second-order valence-electron chi connectivity index (χ2n) is 7.94. The summed E-state index contributed by atoms with van der Waals surface area (Å²) in [5.41, 5.74) is 2.07. The summed E-state index contributed by atoms with van der Waals surface area (Å²) in [6.07, 6.45) is 5.23. The predicted octanol–water partition coefficient (Wildman–Crippen LogP) is 2.67. The summed E-state index contributed by atoms with van der Waals surface area (Å²) in [5, 5.41) is 15.4. The molecule has 3 aromatic rings. The minimum Gasteiger partial charge on any atom is -0.496 e. The van der Waals surface area contributed by atoms with Crippen LogP contribution in [0.4, 0.5) is 0 Å². The number of nitrogens with zero attached hydrogens (tertiary/aromatic N) is 5. The second kappa shape index (κ2) is 10.9. The van der Waals surface area contributed by atoms with Gasteiger partial charge in [-0.2, -0.15) is 0 Å². The van der Waals surface area contributed by atoms with Crippen LogP contribution in [0, 0.1) is 0 Å². The number of hydrogen-bond donors (Lipinski definition) is 2. The topological polar surface area (TPSA) is 79.1 Å². The van der Waals surface area contributed by atoms with E-state index in [0.717, 1.165) is 55.8 Å². The van der Waals surface area contributed by atoms with E-state index in [1.165, 1.54) is 18.4 Å². The number of nitrogens with one attached hydrogen (secondary N) is 2. The van der Waals surface area contributed by atoms with Crippen LogP contribution in [0.25, 0.3) is 5.65 Å². The molecule has 8 heteroatoms. The number of rotatable bonds is 9. The molecular formula is C24H33N7O. The van der Waals surface area contributed by atoms with Gasteiger partial charge < -0.3 is 15.4 Å². The molecule has 0 radical (unpaired) electrons. The highest BCUT2D eigenvalue weighted by molar-refractivity contribution is 5.79. The molecule has 1 unspecified atom stereocenters. The monoisotopic (exact) mass is 435 g/mol. The smallest absolute Gasteiger partial charge is 0.191 e. The van der Waals surface area contributed by atoms with Crippen molar-refractivity contribution in [3.63, 3.8) is 0 Å². The van der Waals surface area contributed by atoms with Crippen LogP contribution in [0.3, 0.4) is 0 Å². The SMILES string of the molecule is CCNC(=NCC(c1ccccc1OC)N1CCCC1)NCCc1nnc2ccccn12. The molecule has 8 nitrogen and oxygen atoms in total. The maximum Gasteiger partial charge on any atom is 0.191 e. The molecule has 1 fully saturated rings. The van der Waals surface area contributed by atoms with E-state index in [-0.39, 0.29) is 6.04 Å². The zero-order valence-corrected chi connectivity index (χ0v) is 19.0. The van der Waals surface area contributed by atoms with Gasteiger partial charge in [-0.05, 0) is 51.1 Å². The quantitative estimate of drug-likeness (QED) is 0.397. The van der Waals surface area contributed by atoms with E-state index in [1.807, 2.05) is 40.9 Å². The van der Waals surface area contributed by atoms with E-state index in [9.17, 15) is 0 Å². The van der Waals surface area contributed by atoms with Gasteiger partial charge in [-0.15, -0.1) is 10.2 Å². The number of guanidine groups is 1. The Morgan fingerprint density at radius 1 is 1.09 bits per heavy atom. The number of aliphatic imine (C=N–C) groups is 1. The maximum atomic E-state index is 5.66. The van der Waals surface area contributed by atoms with Crippen LogP contribution in [-0.4, -0.2) is 65.3 Å². The third-order valence-corrected chi connectivity index (χ3v) is 5.87. The second-order valence-corrected chi connectivity index (χ2v) is 7.94. The first kappa shape index (κ1) is 22.1. The van der Waals surface area contributed by atoms with E-state index in [2.05, 4.69) is 44.8 Å². The van der Waals surface area contributed by atoms with Crippen molar-refractivity contribution in [2.45, 2.75) is 32.2 Å². The Bertz CT molecular complexity index is 1030. The van der Waals surface area contributed by atoms with Crippen molar-refractivity contribution >= 4 is 11.6 Å². The lowest BCUT2D eigenvalue weighted by molar-refractivity contribution is 0.245. The summed E-state index contributed by atoms with van der Waals surface area (Å²) in [6, 6.07) is 14.4. The van der Waals surface area contributed by atoms with Crippen LogP contribution < -0.4 is 15.4 Å². The maximum absolute atomic E-state index is 5.66. The summed E-state index contributed by atoms with van der Waals surface area (Å²) in [7, 11) is 1.74. The number of para-hydroxylation sites is 1. The minimum absolute atomic E-state index is 0.199. The Hall–Kier alpha value is -3.13. The molecule has 3 heterocycles. The highest BCUT2D eigenvalue weighted by atomic mass is 16.5. The number of ether oxygens (including phenoxy) is 1. The van der Waals surface area contributed by atoms with Gasteiger partial charge in [-0.25, -0.2) is 0 Å². The summed E-state index contributed by atoms with van der Waals surface area (Å²) in [5.74, 6) is 2.68. The number of methoxy groups -OCH3 is 1. The Morgan fingerprint density at radius 2 is 1.91 bits per heavy atom. The fraction of sp³-hybridized carbons (Fsp3) is 0.458. The Labute approximate surface area is 189 Å². The molecule has 0 amide bonds. The Kier molecular flexibility index (Phi) is 7.55. The number of benzene rings is 1. The summed E-state index contributed by atoms with van der Waals surface area (Å²) in [6.45, 7) is 6.49. The molecule has 0 aliphatic carbocycles. The van der Waals surface area contributed by atoms with Gasteiger partial charge >= 0.3 is 0 Å². The molecule has 0 saturated carbocycles. The molecule has 2 N–H and O–H groups in total.